The number of rotatable bonds is 2. The molecule has 7 rings (SSSR count). The molecule has 1 saturated heterocycles. The lowest BCUT2D eigenvalue weighted by molar-refractivity contribution is -0.0987. The smallest absolute Gasteiger partial charge is 0.256 e. The van der Waals surface area contributed by atoms with Crippen LogP contribution in [0.15, 0.2) is 30.6 Å². The van der Waals surface area contributed by atoms with Crippen molar-refractivity contribution < 1.29 is 4.79 Å². The minimum absolute atomic E-state index is 0.108. The van der Waals surface area contributed by atoms with Gasteiger partial charge in [0.05, 0.1) is 11.1 Å². The lowest BCUT2D eigenvalue weighted by atomic mass is 9.52. The molecule has 1 aromatic heterocycles. The Morgan fingerprint density at radius 3 is 2.21 bits per heavy atom. The second-order valence-electron chi connectivity index (χ2n) is 9.65. The van der Waals surface area contributed by atoms with E-state index in [0.29, 0.717) is 11.1 Å². The number of carbonyl (C=O) groups excluding carboxylic acids is 1. The van der Waals surface area contributed by atoms with E-state index in [4.69, 9.17) is 0 Å². The number of carbonyl (C=O) groups is 1. The maximum atomic E-state index is 13.2. The average molecular weight is 377 g/mol. The molecular weight excluding hydrogens is 348 g/mol. The van der Waals surface area contributed by atoms with Crippen LogP contribution in [0.1, 0.15) is 48.9 Å². The van der Waals surface area contributed by atoms with Gasteiger partial charge in [0.15, 0.2) is 0 Å². The molecule has 5 aliphatic rings. The highest BCUT2D eigenvalue weighted by Crippen LogP contribution is 2.57. The number of hydrogen-bond acceptors (Lipinski definition) is 4. The molecule has 0 N–H and O–H groups in total. The fourth-order valence-electron chi connectivity index (χ4n) is 7.17. The van der Waals surface area contributed by atoms with Crippen molar-refractivity contribution in [3.63, 3.8) is 0 Å². The van der Waals surface area contributed by atoms with Gasteiger partial charge in [-0.25, -0.2) is 0 Å². The number of hydrogen-bond donors (Lipinski definition) is 0. The number of amides is 1. The van der Waals surface area contributed by atoms with Gasteiger partial charge in [-0.15, -0.1) is 0 Å². The van der Waals surface area contributed by atoms with E-state index in [9.17, 15) is 4.79 Å². The fraction of sp³-hybridized carbons (Fsp3) is 0.609. The predicted octanol–water partition coefficient (Wildman–Crippen LogP) is 3.36. The Labute approximate surface area is 166 Å². The summed E-state index contributed by atoms with van der Waals surface area (Å²) in [6.07, 6.45) is 12.0. The van der Waals surface area contributed by atoms with Crippen molar-refractivity contribution in [1.82, 2.24) is 19.8 Å². The van der Waals surface area contributed by atoms with Crippen LogP contribution in [-0.2, 0) is 0 Å². The normalized spacial score (nSPS) is 34.9. The van der Waals surface area contributed by atoms with Crippen LogP contribution in [0.4, 0.5) is 0 Å². The van der Waals surface area contributed by atoms with Crippen molar-refractivity contribution in [1.29, 1.82) is 0 Å². The van der Waals surface area contributed by atoms with Crippen molar-refractivity contribution in [2.24, 2.45) is 17.8 Å². The molecule has 146 valence electrons. The van der Waals surface area contributed by atoms with Crippen molar-refractivity contribution in [3.8, 4) is 0 Å². The van der Waals surface area contributed by atoms with Crippen LogP contribution in [-0.4, -0.2) is 57.4 Å². The van der Waals surface area contributed by atoms with Gasteiger partial charge in [-0.1, -0.05) is 6.07 Å². The van der Waals surface area contributed by atoms with Gasteiger partial charge in [0, 0.05) is 44.1 Å². The highest BCUT2D eigenvalue weighted by atomic mass is 16.2. The van der Waals surface area contributed by atoms with Crippen LogP contribution in [0.2, 0.25) is 0 Å². The van der Waals surface area contributed by atoms with Crippen molar-refractivity contribution in [3.05, 3.63) is 36.2 Å². The number of aromatic nitrogens is 2. The van der Waals surface area contributed by atoms with Crippen LogP contribution < -0.4 is 0 Å². The van der Waals surface area contributed by atoms with Crippen LogP contribution in [0, 0.1) is 17.8 Å². The van der Waals surface area contributed by atoms with Gasteiger partial charge in [-0.05, 0) is 68.4 Å². The topological polar surface area (TPSA) is 49.3 Å². The molecule has 0 unspecified atom stereocenters. The minimum Gasteiger partial charge on any atom is -0.336 e. The maximum Gasteiger partial charge on any atom is 0.256 e. The van der Waals surface area contributed by atoms with E-state index < -0.39 is 0 Å². The molecule has 1 aromatic carbocycles. The quantitative estimate of drug-likeness (QED) is 0.806. The van der Waals surface area contributed by atoms with Gasteiger partial charge in [0.2, 0.25) is 0 Å². The molecule has 4 aliphatic carbocycles. The zero-order valence-electron chi connectivity index (χ0n) is 16.4. The molecule has 2 heterocycles. The summed E-state index contributed by atoms with van der Waals surface area (Å²) in [6, 6.07) is 5.73. The van der Waals surface area contributed by atoms with E-state index >= 15 is 0 Å². The summed E-state index contributed by atoms with van der Waals surface area (Å²) in [5, 5.41) is 0. The first-order valence-electron chi connectivity index (χ1n) is 10.9. The fourth-order valence-corrected chi connectivity index (χ4v) is 7.17. The van der Waals surface area contributed by atoms with Gasteiger partial charge >= 0.3 is 0 Å². The second-order valence-corrected chi connectivity index (χ2v) is 9.65. The Bertz CT molecular complexity index is 877. The summed E-state index contributed by atoms with van der Waals surface area (Å²) in [6.45, 7) is 3.71. The van der Waals surface area contributed by atoms with E-state index in [-0.39, 0.29) is 5.91 Å². The van der Waals surface area contributed by atoms with Crippen LogP contribution >= 0.6 is 0 Å². The Hall–Kier alpha value is -2.01. The van der Waals surface area contributed by atoms with Crippen molar-refractivity contribution in [2.45, 2.75) is 44.1 Å². The second kappa shape index (κ2) is 6.24. The van der Waals surface area contributed by atoms with Crippen LogP contribution in [0.3, 0.4) is 0 Å². The summed E-state index contributed by atoms with van der Waals surface area (Å²) in [5.74, 6) is 3.02. The average Bonchev–Trinajstić information content (AvgIpc) is 2.72. The standard InChI is InChI=1S/C23H28N4O/c28-22(19-2-1-3-20-21(19)25-5-4-24-20)26-6-8-27(9-7-26)23-13-16-10-17(14-23)12-18(11-16)15-23/h1-5,16-18H,6-15H2. The molecule has 5 fully saturated rings. The van der Waals surface area contributed by atoms with Crippen LogP contribution in [0.25, 0.3) is 11.0 Å². The van der Waals surface area contributed by atoms with E-state index in [1.54, 1.807) is 12.4 Å². The largest absolute Gasteiger partial charge is 0.336 e. The predicted molar refractivity (Wildman–Crippen MR) is 108 cm³/mol. The zero-order chi connectivity index (χ0) is 18.7. The highest BCUT2D eigenvalue weighted by molar-refractivity contribution is 6.04. The third-order valence-electron chi connectivity index (χ3n) is 7.97. The molecule has 0 atom stereocenters. The van der Waals surface area contributed by atoms with Gasteiger partial charge in [0.25, 0.3) is 5.91 Å². The van der Waals surface area contributed by atoms with Gasteiger partial charge < -0.3 is 4.90 Å². The summed E-state index contributed by atoms with van der Waals surface area (Å²) in [7, 11) is 0. The first kappa shape index (κ1) is 16.9. The summed E-state index contributed by atoms with van der Waals surface area (Å²) in [5.41, 5.74) is 2.65. The van der Waals surface area contributed by atoms with Crippen molar-refractivity contribution in [2.75, 3.05) is 26.2 Å². The third-order valence-corrected chi connectivity index (χ3v) is 7.97. The Morgan fingerprint density at radius 2 is 1.54 bits per heavy atom. The Balaban J connectivity index is 1.19. The first-order valence-corrected chi connectivity index (χ1v) is 10.9. The summed E-state index contributed by atoms with van der Waals surface area (Å²) in [4.78, 5) is 26.8. The zero-order valence-corrected chi connectivity index (χ0v) is 16.4. The lowest BCUT2D eigenvalue weighted by Gasteiger charge is -2.61. The molecular formula is C23H28N4O. The molecule has 4 bridgehead atoms. The molecule has 5 nitrogen and oxygen atoms in total. The van der Waals surface area contributed by atoms with Gasteiger partial charge in [-0.2, -0.15) is 0 Å². The van der Waals surface area contributed by atoms with E-state index in [0.717, 1.165) is 55.0 Å². The summed E-state index contributed by atoms with van der Waals surface area (Å²) >= 11 is 0. The minimum atomic E-state index is 0.108. The molecule has 28 heavy (non-hydrogen) atoms. The van der Waals surface area contributed by atoms with Crippen LogP contribution in [0.5, 0.6) is 0 Å². The van der Waals surface area contributed by atoms with E-state index in [2.05, 4.69) is 14.9 Å². The number of benzene rings is 1. The summed E-state index contributed by atoms with van der Waals surface area (Å²) < 4.78 is 0. The molecule has 1 amide bonds. The van der Waals surface area contributed by atoms with Gasteiger partial charge in [0.1, 0.15) is 5.52 Å². The molecule has 1 aliphatic heterocycles. The first-order chi connectivity index (χ1) is 13.7. The highest BCUT2D eigenvalue weighted by Gasteiger charge is 2.53. The van der Waals surface area contributed by atoms with E-state index in [1.165, 1.54) is 38.5 Å². The lowest BCUT2D eigenvalue weighted by Crippen LogP contribution is -2.64. The number of piperazine rings is 1. The Morgan fingerprint density at radius 1 is 0.893 bits per heavy atom. The molecule has 0 radical (unpaired) electrons. The monoisotopic (exact) mass is 376 g/mol. The molecule has 0 spiro atoms. The SMILES string of the molecule is O=C(c1cccc2nccnc12)N1CCN(C23CC4CC(CC(C4)C2)C3)CC1. The van der Waals surface area contributed by atoms with Crippen molar-refractivity contribution >= 4 is 16.9 Å². The third kappa shape index (κ3) is 2.59. The maximum absolute atomic E-state index is 13.2. The molecule has 2 aromatic rings. The number of fused-ring (bicyclic) bond motifs is 1. The number of nitrogens with zero attached hydrogens (tertiary/aromatic N) is 4. The Kier molecular flexibility index (Phi) is 3.77. The van der Waals surface area contributed by atoms with Gasteiger partial charge in [-0.3, -0.25) is 19.7 Å². The van der Waals surface area contributed by atoms with E-state index in [1.807, 2.05) is 23.1 Å². The molecule has 5 heteroatoms. The molecule has 4 saturated carbocycles. The number of para-hydroxylation sites is 1.